The van der Waals surface area contributed by atoms with Crippen LogP contribution in [0.2, 0.25) is 0 Å². The molecule has 6 aromatic rings. The molecule has 2 heterocycles. The number of hydrogen-bond acceptors (Lipinski definition) is 6. The Kier molecular flexibility index (Phi) is 9.32. The molecule has 0 atom stereocenters. The summed E-state index contributed by atoms with van der Waals surface area (Å²) in [5.41, 5.74) is 5.33. The molecule has 0 N–H and O–H groups in total. The fourth-order valence-electron chi connectivity index (χ4n) is 7.18. The van der Waals surface area contributed by atoms with E-state index < -0.39 is 0 Å². The van der Waals surface area contributed by atoms with Gasteiger partial charge < -0.3 is 19.3 Å². The number of unbranched alkanes of at least 4 members (excludes halogenated alkanes) is 1. The zero-order chi connectivity index (χ0) is 37.0. The van der Waals surface area contributed by atoms with Gasteiger partial charge in [0, 0.05) is 45.8 Å². The molecule has 2 aliphatic rings. The molecule has 8 rings (SSSR count). The second kappa shape index (κ2) is 14.8. The summed E-state index contributed by atoms with van der Waals surface area (Å²) in [6.45, 7) is 1.25. The van der Waals surface area contributed by atoms with Crippen molar-refractivity contribution in [1.82, 2.24) is 0 Å². The summed E-state index contributed by atoms with van der Waals surface area (Å²) in [7, 11) is 0. The number of para-hydroxylation sites is 2. The Morgan fingerprint density at radius 3 is 1.35 bits per heavy atom. The van der Waals surface area contributed by atoms with Crippen LogP contribution in [0.3, 0.4) is 0 Å². The lowest BCUT2D eigenvalue weighted by molar-refractivity contribution is -0.113. The van der Waals surface area contributed by atoms with E-state index >= 15 is 0 Å². The number of amides is 2. The summed E-state index contributed by atoms with van der Waals surface area (Å²) in [6.07, 6.45) is 12.2. The first-order chi connectivity index (χ1) is 26.6. The lowest BCUT2D eigenvalue weighted by atomic mass is 10.1. The predicted octanol–water partition coefficient (Wildman–Crippen LogP) is 8.43. The van der Waals surface area contributed by atoms with Gasteiger partial charge in [0.1, 0.15) is 36.1 Å². The molecule has 0 saturated heterocycles. The third-order valence-electron chi connectivity index (χ3n) is 9.61. The van der Waals surface area contributed by atoms with Gasteiger partial charge in [0.05, 0.1) is 22.7 Å². The van der Waals surface area contributed by atoms with Gasteiger partial charge in [0.25, 0.3) is 11.8 Å². The molecule has 0 bridgehead atoms. The number of terminal acetylenes is 2. The maximum Gasteiger partial charge on any atom is 0.277 e. The minimum Gasteiger partial charge on any atom is -0.480 e. The van der Waals surface area contributed by atoms with Crippen LogP contribution < -0.4 is 19.3 Å². The second-order valence-corrected chi connectivity index (χ2v) is 12.8. The van der Waals surface area contributed by atoms with E-state index in [0.717, 1.165) is 44.0 Å². The summed E-state index contributed by atoms with van der Waals surface area (Å²) in [4.78, 5) is 41.5. The van der Waals surface area contributed by atoms with Crippen LogP contribution in [-0.2, 0) is 9.59 Å². The van der Waals surface area contributed by atoms with Crippen LogP contribution in [0.4, 0.5) is 22.7 Å². The molecule has 2 aliphatic heterocycles. The fourth-order valence-corrected chi connectivity index (χ4v) is 7.18. The Balaban J connectivity index is 1.00. The molecular weight excluding hydrogens is 673 g/mol. The van der Waals surface area contributed by atoms with Crippen molar-refractivity contribution < 1.29 is 19.1 Å². The molecule has 0 fully saturated rings. The monoisotopic (exact) mass is 706 g/mol. The molecule has 0 aromatic heterocycles. The average molecular weight is 707 g/mol. The van der Waals surface area contributed by atoms with Gasteiger partial charge in [0.15, 0.2) is 0 Å². The second-order valence-electron chi connectivity index (χ2n) is 12.8. The van der Waals surface area contributed by atoms with E-state index in [1.165, 1.54) is 0 Å². The van der Waals surface area contributed by atoms with Crippen molar-refractivity contribution in [3.05, 3.63) is 132 Å². The first kappa shape index (κ1) is 34.0. The maximum atomic E-state index is 14.0. The standard InChI is InChI=1S/C46H34N4O4/c1-3-29-53-41-25-13-17-31-33(41)19-11-21-37(31)47-43-35-15-5-7-23-39(35)49(45(43)51)27-9-10-28-50-40-24-8-6-16-36(40)44(46(50)52)48-38-22-12-20-34-32(38)18-14-26-42(34)54-30-4-2/h1-2,5-8,11-26H,9-10,27-30H2/b47-43+,48-44+. The normalized spacial score (nSPS) is 14.8. The number of ether oxygens (including phenoxy) is 2. The van der Waals surface area contributed by atoms with Gasteiger partial charge in [-0.25, -0.2) is 9.98 Å². The molecule has 0 spiro atoms. The minimum atomic E-state index is -0.159. The summed E-state index contributed by atoms with van der Waals surface area (Å²) in [5.74, 6) is 6.03. The number of anilines is 2. The lowest BCUT2D eigenvalue weighted by Crippen LogP contribution is -2.33. The van der Waals surface area contributed by atoms with E-state index in [1.54, 1.807) is 9.80 Å². The molecule has 0 aliphatic carbocycles. The quantitative estimate of drug-likeness (QED) is 0.100. The number of aliphatic imine (C=N–C) groups is 2. The molecular formula is C46H34N4O4. The van der Waals surface area contributed by atoms with Crippen LogP contribution in [0, 0.1) is 24.7 Å². The highest BCUT2D eigenvalue weighted by Gasteiger charge is 2.35. The Bertz CT molecular complexity index is 2430. The zero-order valence-corrected chi connectivity index (χ0v) is 29.4. The number of carbonyl (C=O) groups excluding carboxylic acids is 2. The van der Waals surface area contributed by atoms with Gasteiger partial charge >= 0.3 is 0 Å². The van der Waals surface area contributed by atoms with E-state index in [0.29, 0.717) is 60.2 Å². The largest absolute Gasteiger partial charge is 0.480 e. The number of nitrogens with zero attached hydrogens (tertiary/aromatic N) is 4. The van der Waals surface area contributed by atoms with Gasteiger partial charge in [-0.2, -0.15) is 0 Å². The number of rotatable bonds is 11. The smallest absolute Gasteiger partial charge is 0.277 e. The predicted molar refractivity (Wildman–Crippen MR) is 216 cm³/mol. The van der Waals surface area contributed by atoms with Crippen molar-refractivity contribution >= 4 is 67.5 Å². The molecule has 54 heavy (non-hydrogen) atoms. The Labute approximate surface area is 313 Å². The van der Waals surface area contributed by atoms with Crippen molar-refractivity contribution in [3.63, 3.8) is 0 Å². The minimum absolute atomic E-state index is 0.155. The first-order valence-electron chi connectivity index (χ1n) is 17.7. The molecule has 0 saturated carbocycles. The molecule has 8 heteroatoms. The maximum absolute atomic E-state index is 14.0. The Hall–Kier alpha value is -7.16. The van der Waals surface area contributed by atoms with Gasteiger partial charge in [-0.05, 0) is 49.2 Å². The molecule has 6 aromatic carbocycles. The SMILES string of the molecule is C#CCOc1cccc2c(/N=C3/C(=O)N(CCCCN4C(=O)/C(=N/c5cccc6c(OCC#C)cccc56)c5ccccc54)c4ccccc43)cccc12. The summed E-state index contributed by atoms with van der Waals surface area (Å²) < 4.78 is 11.5. The van der Waals surface area contributed by atoms with Crippen LogP contribution in [0.15, 0.2) is 131 Å². The highest BCUT2D eigenvalue weighted by atomic mass is 16.5. The zero-order valence-electron chi connectivity index (χ0n) is 29.4. The van der Waals surface area contributed by atoms with Crippen molar-refractivity contribution in [2.75, 3.05) is 36.1 Å². The fraction of sp³-hybridized carbons (Fsp3) is 0.130. The number of benzene rings is 6. The Morgan fingerprint density at radius 2 is 0.907 bits per heavy atom. The summed E-state index contributed by atoms with van der Waals surface area (Å²) in [6, 6.07) is 38.4. The molecule has 2 amide bonds. The van der Waals surface area contributed by atoms with Gasteiger partial charge in [-0.3, -0.25) is 9.59 Å². The topological polar surface area (TPSA) is 83.8 Å². The van der Waals surface area contributed by atoms with Crippen LogP contribution in [0.25, 0.3) is 21.5 Å². The van der Waals surface area contributed by atoms with Crippen LogP contribution in [-0.4, -0.2) is 49.5 Å². The number of carbonyl (C=O) groups is 2. The van der Waals surface area contributed by atoms with Crippen molar-refractivity contribution in [2.24, 2.45) is 9.98 Å². The highest BCUT2D eigenvalue weighted by molar-refractivity contribution is 6.55. The third-order valence-corrected chi connectivity index (χ3v) is 9.61. The number of hydrogen-bond donors (Lipinski definition) is 0. The van der Waals surface area contributed by atoms with Gasteiger partial charge in [-0.1, -0.05) is 96.8 Å². The van der Waals surface area contributed by atoms with Crippen LogP contribution in [0.1, 0.15) is 24.0 Å². The van der Waals surface area contributed by atoms with Crippen molar-refractivity contribution in [3.8, 4) is 36.2 Å². The van der Waals surface area contributed by atoms with Gasteiger partial charge in [0.2, 0.25) is 0 Å². The van der Waals surface area contributed by atoms with E-state index in [9.17, 15) is 9.59 Å². The van der Waals surface area contributed by atoms with Gasteiger partial charge in [-0.15, -0.1) is 12.8 Å². The first-order valence-corrected chi connectivity index (χ1v) is 17.7. The lowest BCUT2D eigenvalue weighted by Gasteiger charge is -2.19. The highest BCUT2D eigenvalue weighted by Crippen LogP contribution is 2.38. The molecule has 0 radical (unpaired) electrons. The Morgan fingerprint density at radius 1 is 0.500 bits per heavy atom. The summed E-state index contributed by atoms with van der Waals surface area (Å²) >= 11 is 0. The van der Waals surface area contributed by atoms with E-state index in [1.807, 2.05) is 121 Å². The van der Waals surface area contributed by atoms with E-state index in [2.05, 4.69) is 11.8 Å². The third kappa shape index (κ3) is 6.21. The van der Waals surface area contributed by atoms with Crippen molar-refractivity contribution in [1.29, 1.82) is 0 Å². The van der Waals surface area contributed by atoms with E-state index in [4.69, 9.17) is 32.3 Å². The van der Waals surface area contributed by atoms with Crippen LogP contribution in [0.5, 0.6) is 11.5 Å². The molecule has 0 unspecified atom stereocenters. The molecule has 8 nitrogen and oxygen atoms in total. The van der Waals surface area contributed by atoms with E-state index in [-0.39, 0.29) is 25.0 Å². The van der Waals surface area contributed by atoms with Crippen molar-refractivity contribution in [2.45, 2.75) is 12.8 Å². The summed E-state index contributed by atoms with van der Waals surface area (Å²) in [5, 5.41) is 3.46. The van der Waals surface area contributed by atoms with Crippen LogP contribution >= 0.6 is 0 Å². The molecule has 262 valence electrons. The average Bonchev–Trinajstić information content (AvgIpc) is 3.62. The number of fused-ring (bicyclic) bond motifs is 4.